The van der Waals surface area contributed by atoms with Gasteiger partial charge in [-0.15, -0.1) is 0 Å². The van der Waals surface area contributed by atoms with E-state index in [0.717, 1.165) is 82.0 Å². The minimum absolute atomic E-state index is 0.263. The van der Waals surface area contributed by atoms with Crippen molar-refractivity contribution < 1.29 is 70.4 Å². The van der Waals surface area contributed by atoms with Gasteiger partial charge in [-0.3, -0.25) is 37.5 Å². The Kier molecular flexibility index (Phi) is 34.4. The first-order chi connectivity index (χ1) is 39.2. The molecule has 466 valence electrons. The molecular formula is C61H101N3O16P2. The summed E-state index contributed by atoms with van der Waals surface area (Å²) >= 11 is 0. The number of carbonyl (C=O) groups excluding carboxylic acids is 2. The lowest BCUT2D eigenvalue weighted by molar-refractivity contribution is -0.929. The summed E-state index contributed by atoms with van der Waals surface area (Å²) in [5.41, 5.74) is -3.15. The van der Waals surface area contributed by atoms with Gasteiger partial charge in [-0.1, -0.05) is 169 Å². The van der Waals surface area contributed by atoms with Gasteiger partial charge in [0.15, 0.2) is 6.23 Å². The molecule has 3 aromatic rings. The summed E-state index contributed by atoms with van der Waals surface area (Å²) in [6.07, 6.45) is 20.7. The molecule has 1 aliphatic heterocycles. The van der Waals surface area contributed by atoms with E-state index in [4.69, 9.17) is 32.1 Å². The molecule has 1 unspecified atom stereocenters. The summed E-state index contributed by atoms with van der Waals surface area (Å²) in [5.74, 6) is -0.245. The fourth-order valence-electron chi connectivity index (χ4n) is 9.73. The lowest BCUT2D eigenvalue weighted by atomic mass is 9.94. The van der Waals surface area contributed by atoms with E-state index < -0.39 is 70.2 Å². The lowest BCUT2D eigenvalue weighted by Gasteiger charge is -2.39. The zero-order chi connectivity index (χ0) is 60.4. The molecule has 21 heteroatoms. The van der Waals surface area contributed by atoms with Crippen LogP contribution in [0.1, 0.15) is 227 Å². The Hall–Kier alpha value is -3.84. The van der Waals surface area contributed by atoms with Crippen molar-refractivity contribution in [2.75, 3.05) is 26.2 Å². The van der Waals surface area contributed by atoms with Gasteiger partial charge in [-0.2, -0.15) is 0 Å². The summed E-state index contributed by atoms with van der Waals surface area (Å²) in [6.45, 7) is 20.6. The van der Waals surface area contributed by atoms with Crippen molar-refractivity contribution in [3.63, 3.8) is 0 Å². The van der Waals surface area contributed by atoms with Crippen molar-refractivity contribution in [3.8, 4) is 11.5 Å². The SMILES string of the molecule is CCCCCCCCCC(=O)Oc1ccc(COP(=O)(OCc2ccc(OC(=O)CCCCCCCCC)cc2)OP(=O)([O-])O[C@H](C)[C@H]2O[C@@H](n3ccc(=O)[nH]c3=O)[C@](C)(O)[C@@H]2O)cc1.CCCC[N+](CCCC)(CCCC)CCCC. The molecule has 2 aromatic carbocycles. The Morgan fingerprint density at radius 2 is 1.04 bits per heavy atom. The highest BCUT2D eigenvalue weighted by atomic mass is 31.3. The van der Waals surface area contributed by atoms with Crippen LogP contribution < -0.4 is 25.6 Å². The summed E-state index contributed by atoms with van der Waals surface area (Å²) in [7, 11) is -10.8. The van der Waals surface area contributed by atoms with Gasteiger partial charge in [0, 0.05) is 25.1 Å². The number of aliphatic hydroxyl groups is 2. The van der Waals surface area contributed by atoms with E-state index in [9.17, 15) is 43.4 Å². The standard InChI is InChI=1S/C45H66N2O16P2.C16H36N/c1-5-7-9-11-13-15-17-19-39(49)59-36-25-21-34(22-26-36)31-57-65(56,58-32-35-23-27-37(28-24-35)60-40(50)20-18-16-14-12-10-8-6-2)63-64(54,55)62-33(3)41-42(51)45(4,53)43(61-41)47-30-29-38(48)46-44(47)52;1-5-9-13-17(14-10-6-2,15-11-7-3)16-12-8-4/h21-30,33,41-43,51,53H,5-20,31-32H2,1-4H3,(H,54,55)(H,46,48,52);5-16H2,1-4H3/q;+1/p-1/t33-,41-,42-,43-,45-;/m1./s1. The van der Waals surface area contributed by atoms with Crippen molar-refractivity contribution in [2.24, 2.45) is 0 Å². The molecule has 6 atom stereocenters. The number of phosphoric ester groups is 2. The van der Waals surface area contributed by atoms with Crippen LogP contribution in [0.15, 0.2) is 70.4 Å². The number of rotatable bonds is 42. The molecule has 0 radical (unpaired) electrons. The molecule has 0 spiro atoms. The van der Waals surface area contributed by atoms with Crippen molar-refractivity contribution >= 4 is 27.6 Å². The Labute approximate surface area is 489 Å². The third-order valence-corrected chi connectivity index (χ3v) is 17.8. The quantitative estimate of drug-likeness (QED) is 0.0157. The molecule has 82 heavy (non-hydrogen) atoms. The van der Waals surface area contributed by atoms with Gasteiger partial charge in [0.2, 0.25) is 0 Å². The van der Waals surface area contributed by atoms with E-state index in [1.165, 1.54) is 156 Å². The normalized spacial score (nSPS) is 18.4. The predicted octanol–water partition coefficient (Wildman–Crippen LogP) is 13.1. The van der Waals surface area contributed by atoms with Gasteiger partial charge in [0.1, 0.15) is 29.3 Å². The number of hydrogen-bond donors (Lipinski definition) is 3. The number of aliphatic hydroxyl groups excluding tert-OH is 1. The number of aromatic nitrogens is 2. The van der Waals surface area contributed by atoms with Crippen molar-refractivity contribution in [1.82, 2.24) is 9.55 Å². The smallest absolute Gasteiger partial charge is 0.481 e. The number of H-pyrrole nitrogens is 1. The molecule has 3 N–H and O–H groups in total. The summed E-state index contributed by atoms with van der Waals surface area (Å²) in [4.78, 5) is 64.3. The highest BCUT2D eigenvalue weighted by molar-refractivity contribution is 7.61. The van der Waals surface area contributed by atoms with Crippen LogP contribution in [0, 0.1) is 0 Å². The van der Waals surface area contributed by atoms with E-state index >= 15 is 0 Å². The Morgan fingerprint density at radius 3 is 1.43 bits per heavy atom. The van der Waals surface area contributed by atoms with E-state index in [0.29, 0.717) is 24.0 Å². The average Bonchev–Trinajstić information content (AvgIpc) is 3.28. The fraction of sp³-hybridized carbons (Fsp3) is 0.705. The number of nitrogens with one attached hydrogen (secondary N) is 1. The van der Waals surface area contributed by atoms with Crippen LogP contribution in [0.5, 0.6) is 11.5 Å². The van der Waals surface area contributed by atoms with Gasteiger partial charge < -0.3 is 38.3 Å². The average molecular weight is 1190 g/mol. The van der Waals surface area contributed by atoms with Crippen LogP contribution in [-0.2, 0) is 54.6 Å². The molecule has 2 heterocycles. The largest absolute Gasteiger partial charge is 0.756 e. The second kappa shape index (κ2) is 39.0. The second-order valence-corrected chi connectivity index (χ2v) is 25.3. The highest BCUT2D eigenvalue weighted by Crippen LogP contribution is 2.63. The van der Waals surface area contributed by atoms with Crippen LogP contribution in [0.2, 0.25) is 0 Å². The molecule has 1 saturated heterocycles. The van der Waals surface area contributed by atoms with Gasteiger partial charge in [0.25, 0.3) is 13.4 Å². The predicted molar refractivity (Wildman–Crippen MR) is 317 cm³/mol. The number of unbranched alkanes of at least 4 members (excludes halogenated alkanes) is 16. The van der Waals surface area contributed by atoms with E-state index in [-0.39, 0.29) is 36.3 Å². The number of benzene rings is 2. The van der Waals surface area contributed by atoms with Crippen molar-refractivity contribution in [3.05, 3.63) is 92.8 Å². The van der Waals surface area contributed by atoms with E-state index in [1.54, 1.807) is 0 Å². The number of phosphoric acid groups is 2. The van der Waals surface area contributed by atoms with Gasteiger partial charge >= 0.3 is 25.5 Å². The van der Waals surface area contributed by atoms with Crippen molar-refractivity contribution in [2.45, 2.75) is 253 Å². The van der Waals surface area contributed by atoms with Gasteiger partial charge in [-0.05, 0) is 87.8 Å². The van der Waals surface area contributed by atoms with Gasteiger partial charge in [0.05, 0.1) is 45.5 Å². The van der Waals surface area contributed by atoms with Crippen LogP contribution >= 0.6 is 15.6 Å². The van der Waals surface area contributed by atoms with Crippen LogP contribution in [0.4, 0.5) is 0 Å². The molecule has 0 saturated carbocycles. The minimum atomic E-state index is -5.69. The number of aromatic amines is 1. The minimum Gasteiger partial charge on any atom is -0.756 e. The maximum absolute atomic E-state index is 14.1. The number of esters is 2. The highest BCUT2D eigenvalue weighted by Gasteiger charge is 2.56. The van der Waals surface area contributed by atoms with Gasteiger partial charge in [-0.25, -0.2) is 13.7 Å². The number of nitrogens with zero attached hydrogens (tertiary/aromatic N) is 2. The monoisotopic (exact) mass is 1190 g/mol. The van der Waals surface area contributed by atoms with E-state index in [1.807, 2.05) is 4.98 Å². The number of carbonyl (C=O) groups is 2. The van der Waals surface area contributed by atoms with E-state index in [2.05, 4.69) is 41.5 Å². The zero-order valence-corrected chi connectivity index (χ0v) is 52.5. The summed E-state index contributed by atoms with van der Waals surface area (Å²) in [5, 5.41) is 22.1. The third kappa shape index (κ3) is 27.0. The maximum Gasteiger partial charge on any atom is 0.481 e. The Bertz CT molecular complexity index is 2350. The third-order valence-electron chi connectivity index (χ3n) is 14.8. The topological polar surface area (TPSA) is 251 Å². The first-order valence-electron chi connectivity index (χ1n) is 30.6. The molecule has 1 aromatic heterocycles. The van der Waals surface area contributed by atoms with Crippen LogP contribution in [-0.4, -0.2) is 86.3 Å². The fourth-order valence-corrected chi connectivity index (χ4v) is 12.5. The second-order valence-electron chi connectivity index (χ2n) is 22.1. The molecule has 4 rings (SSSR count). The summed E-state index contributed by atoms with van der Waals surface area (Å²) in [6, 6.07) is 13.0. The molecule has 19 nitrogen and oxygen atoms in total. The number of quaternary nitrogens is 1. The Balaban J connectivity index is 0.000000892. The molecule has 0 amide bonds. The maximum atomic E-state index is 14.1. The first kappa shape index (κ1) is 72.4. The van der Waals surface area contributed by atoms with Crippen LogP contribution in [0.25, 0.3) is 0 Å². The molecule has 1 fully saturated rings. The zero-order valence-electron chi connectivity index (χ0n) is 50.7. The molecule has 0 aliphatic carbocycles. The number of hydrogen-bond acceptors (Lipinski definition) is 16. The van der Waals surface area contributed by atoms with Crippen molar-refractivity contribution in [1.29, 1.82) is 0 Å². The Morgan fingerprint density at radius 1 is 0.646 bits per heavy atom. The molecular weight excluding hydrogens is 1090 g/mol. The molecule has 0 bridgehead atoms. The molecule has 1 aliphatic rings. The summed E-state index contributed by atoms with van der Waals surface area (Å²) < 4.78 is 67.5. The van der Waals surface area contributed by atoms with Crippen LogP contribution in [0.3, 0.4) is 0 Å². The number of ether oxygens (including phenoxy) is 3. The first-order valence-corrected chi connectivity index (χ1v) is 33.5. The lowest BCUT2D eigenvalue weighted by Crippen LogP contribution is -2.50.